The number of hydrogen-bond donors (Lipinski definition) is 1. The maximum Gasteiger partial charge on any atom is 0.335 e. The number of nitrogens with zero attached hydrogens (tertiary/aromatic N) is 2. The van der Waals surface area contributed by atoms with Crippen LogP contribution in [-0.2, 0) is 6.42 Å². The fourth-order valence-corrected chi connectivity index (χ4v) is 2.00. The van der Waals surface area contributed by atoms with Gasteiger partial charge in [-0.05, 0) is 18.6 Å². The monoisotopic (exact) mass is 252 g/mol. The Hall–Kier alpha value is -1.55. The van der Waals surface area contributed by atoms with Gasteiger partial charge < -0.3 is 9.51 Å². The molecule has 0 aliphatic carbocycles. The van der Waals surface area contributed by atoms with Gasteiger partial charge in [0.25, 0.3) is 0 Å². The SMILES string of the molecule is CCCCc1nc(Cl)c2cc(C(=O)O)ccn12. The molecule has 0 aromatic carbocycles. The summed E-state index contributed by atoms with van der Waals surface area (Å²) >= 11 is 6.01. The third-order valence-corrected chi connectivity index (χ3v) is 2.95. The Morgan fingerprint density at radius 2 is 2.35 bits per heavy atom. The number of hydrogen-bond acceptors (Lipinski definition) is 2. The Kier molecular flexibility index (Phi) is 3.33. The maximum absolute atomic E-state index is 10.9. The highest BCUT2D eigenvalue weighted by atomic mass is 35.5. The molecule has 2 heterocycles. The summed E-state index contributed by atoms with van der Waals surface area (Å²) in [5.74, 6) is -0.0799. The van der Waals surface area contributed by atoms with Crippen molar-refractivity contribution in [1.82, 2.24) is 9.38 Å². The summed E-state index contributed by atoms with van der Waals surface area (Å²) in [4.78, 5) is 15.1. The van der Waals surface area contributed by atoms with Gasteiger partial charge in [0.1, 0.15) is 5.82 Å². The molecule has 0 bridgehead atoms. The molecule has 1 N–H and O–H groups in total. The molecular weight excluding hydrogens is 240 g/mol. The van der Waals surface area contributed by atoms with Crippen molar-refractivity contribution in [3.8, 4) is 0 Å². The molecule has 0 aliphatic heterocycles. The zero-order valence-electron chi connectivity index (χ0n) is 9.48. The summed E-state index contributed by atoms with van der Waals surface area (Å²) < 4.78 is 1.85. The zero-order valence-corrected chi connectivity index (χ0v) is 10.2. The molecule has 0 radical (unpaired) electrons. The van der Waals surface area contributed by atoms with Crippen LogP contribution in [0.5, 0.6) is 0 Å². The van der Waals surface area contributed by atoms with Crippen LogP contribution >= 0.6 is 11.6 Å². The first kappa shape index (κ1) is 11.9. The molecule has 5 heteroatoms. The van der Waals surface area contributed by atoms with Gasteiger partial charge in [0.2, 0.25) is 0 Å². The van der Waals surface area contributed by atoms with Crippen LogP contribution in [0, 0.1) is 0 Å². The van der Waals surface area contributed by atoms with Crippen molar-refractivity contribution in [2.45, 2.75) is 26.2 Å². The van der Waals surface area contributed by atoms with E-state index < -0.39 is 5.97 Å². The van der Waals surface area contributed by atoms with E-state index in [0.717, 1.165) is 25.1 Å². The Morgan fingerprint density at radius 3 is 3.00 bits per heavy atom. The van der Waals surface area contributed by atoms with Gasteiger partial charge in [-0.2, -0.15) is 0 Å². The van der Waals surface area contributed by atoms with Gasteiger partial charge in [0.15, 0.2) is 5.15 Å². The lowest BCUT2D eigenvalue weighted by atomic mass is 10.2. The lowest BCUT2D eigenvalue weighted by Crippen LogP contribution is -1.99. The average molecular weight is 253 g/mol. The van der Waals surface area contributed by atoms with Crippen molar-refractivity contribution in [2.24, 2.45) is 0 Å². The van der Waals surface area contributed by atoms with Crippen molar-refractivity contribution < 1.29 is 9.90 Å². The molecule has 4 nitrogen and oxygen atoms in total. The highest BCUT2D eigenvalue weighted by Gasteiger charge is 2.11. The van der Waals surface area contributed by atoms with Crippen molar-refractivity contribution in [3.63, 3.8) is 0 Å². The van der Waals surface area contributed by atoms with Crippen molar-refractivity contribution in [2.75, 3.05) is 0 Å². The number of carbonyl (C=O) groups is 1. The predicted molar refractivity (Wildman–Crippen MR) is 65.8 cm³/mol. The molecule has 0 fully saturated rings. The van der Waals surface area contributed by atoms with E-state index >= 15 is 0 Å². The summed E-state index contributed by atoms with van der Waals surface area (Å²) in [5.41, 5.74) is 0.874. The number of imidazole rings is 1. The Balaban J connectivity index is 2.49. The van der Waals surface area contributed by atoms with Gasteiger partial charge in [0.05, 0.1) is 11.1 Å². The first-order chi connectivity index (χ1) is 8.13. The third kappa shape index (κ3) is 2.26. The topological polar surface area (TPSA) is 54.6 Å². The van der Waals surface area contributed by atoms with Crippen LogP contribution in [-0.4, -0.2) is 20.5 Å². The molecule has 2 aromatic rings. The summed E-state index contributed by atoms with van der Waals surface area (Å²) in [6.45, 7) is 2.11. The van der Waals surface area contributed by atoms with Gasteiger partial charge in [-0.25, -0.2) is 9.78 Å². The Bertz CT molecular complexity index is 563. The quantitative estimate of drug-likeness (QED) is 0.910. The number of carboxylic acid groups (broad SMARTS) is 1. The van der Waals surface area contributed by atoms with Crippen LogP contribution < -0.4 is 0 Å². The summed E-state index contributed by atoms with van der Waals surface area (Å²) in [6, 6.07) is 3.11. The van der Waals surface area contributed by atoms with E-state index in [1.807, 2.05) is 4.40 Å². The minimum Gasteiger partial charge on any atom is -0.478 e. The third-order valence-electron chi connectivity index (χ3n) is 2.67. The standard InChI is InChI=1S/C12H13ClN2O2/c1-2-3-4-10-14-11(13)9-7-8(12(16)17)5-6-15(9)10/h5-7H,2-4H2,1H3,(H,16,17). The van der Waals surface area contributed by atoms with E-state index in [1.54, 1.807) is 18.3 Å². The molecule has 0 saturated carbocycles. The van der Waals surface area contributed by atoms with Gasteiger partial charge in [0, 0.05) is 12.6 Å². The number of aryl methyl sites for hydroxylation is 1. The molecule has 0 unspecified atom stereocenters. The summed E-state index contributed by atoms with van der Waals surface area (Å²) in [5, 5.41) is 9.27. The second-order valence-electron chi connectivity index (χ2n) is 3.90. The molecule has 0 saturated heterocycles. The molecule has 17 heavy (non-hydrogen) atoms. The van der Waals surface area contributed by atoms with E-state index in [0.29, 0.717) is 10.7 Å². The number of carboxylic acids is 1. The zero-order chi connectivity index (χ0) is 12.4. The van der Waals surface area contributed by atoms with Crippen molar-refractivity contribution >= 4 is 23.1 Å². The summed E-state index contributed by atoms with van der Waals surface area (Å²) in [6.07, 6.45) is 4.68. The van der Waals surface area contributed by atoms with E-state index in [2.05, 4.69) is 11.9 Å². The largest absolute Gasteiger partial charge is 0.478 e. The van der Waals surface area contributed by atoms with Crippen LogP contribution in [0.2, 0.25) is 5.15 Å². The molecular formula is C12H13ClN2O2. The van der Waals surface area contributed by atoms with Crippen LogP contribution in [0.1, 0.15) is 35.9 Å². The number of halogens is 1. The van der Waals surface area contributed by atoms with Crippen molar-refractivity contribution in [1.29, 1.82) is 0 Å². The normalized spacial score (nSPS) is 10.9. The first-order valence-electron chi connectivity index (χ1n) is 5.53. The van der Waals surface area contributed by atoms with Gasteiger partial charge in [-0.15, -0.1) is 0 Å². The summed E-state index contributed by atoms with van der Waals surface area (Å²) in [7, 11) is 0. The smallest absolute Gasteiger partial charge is 0.335 e. The lowest BCUT2D eigenvalue weighted by molar-refractivity contribution is 0.0697. The molecule has 0 amide bonds. The Labute approximate surface area is 104 Å². The van der Waals surface area contributed by atoms with Gasteiger partial charge in [-0.3, -0.25) is 0 Å². The minimum absolute atomic E-state index is 0.223. The van der Waals surface area contributed by atoms with Crippen LogP contribution in [0.25, 0.3) is 5.52 Å². The first-order valence-corrected chi connectivity index (χ1v) is 5.91. The highest BCUT2D eigenvalue weighted by Crippen LogP contribution is 2.20. The average Bonchev–Trinajstić information content (AvgIpc) is 2.63. The number of aromatic carboxylic acids is 1. The number of rotatable bonds is 4. The molecule has 0 atom stereocenters. The van der Waals surface area contributed by atoms with E-state index in [9.17, 15) is 4.79 Å². The van der Waals surface area contributed by atoms with Gasteiger partial charge in [-0.1, -0.05) is 24.9 Å². The molecule has 2 aromatic heterocycles. The second kappa shape index (κ2) is 4.75. The molecule has 0 aliphatic rings. The van der Waals surface area contributed by atoms with E-state index in [1.165, 1.54) is 0 Å². The van der Waals surface area contributed by atoms with Crippen LogP contribution in [0.15, 0.2) is 18.3 Å². The molecule has 0 spiro atoms. The van der Waals surface area contributed by atoms with Crippen LogP contribution in [0.4, 0.5) is 0 Å². The van der Waals surface area contributed by atoms with Gasteiger partial charge >= 0.3 is 5.97 Å². The highest BCUT2D eigenvalue weighted by molar-refractivity contribution is 6.32. The number of aromatic nitrogens is 2. The number of pyridine rings is 1. The van der Waals surface area contributed by atoms with E-state index in [-0.39, 0.29) is 5.56 Å². The van der Waals surface area contributed by atoms with Crippen LogP contribution in [0.3, 0.4) is 0 Å². The predicted octanol–water partition coefficient (Wildman–Crippen LogP) is 3.03. The fourth-order valence-electron chi connectivity index (χ4n) is 1.75. The fraction of sp³-hybridized carbons (Fsp3) is 0.333. The number of unbranched alkanes of at least 4 members (excludes halogenated alkanes) is 1. The minimum atomic E-state index is -0.958. The maximum atomic E-state index is 10.9. The Morgan fingerprint density at radius 1 is 1.59 bits per heavy atom. The van der Waals surface area contributed by atoms with Crippen molar-refractivity contribution in [3.05, 3.63) is 34.9 Å². The lowest BCUT2D eigenvalue weighted by Gasteiger charge is -2.01. The number of fused-ring (bicyclic) bond motifs is 1. The molecule has 90 valence electrons. The van der Waals surface area contributed by atoms with E-state index in [4.69, 9.17) is 16.7 Å². The molecule has 2 rings (SSSR count). The second-order valence-corrected chi connectivity index (χ2v) is 4.26.